The molecular formula is C8H9N3O. The summed E-state index contributed by atoms with van der Waals surface area (Å²) >= 11 is 0. The average molecular weight is 163 g/mol. The van der Waals surface area contributed by atoms with Crippen LogP contribution in [-0.2, 0) is 7.05 Å². The van der Waals surface area contributed by atoms with Gasteiger partial charge in [0.25, 0.3) is 5.56 Å². The van der Waals surface area contributed by atoms with E-state index in [1.165, 1.54) is 6.33 Å². The number of nitrogens with one attached hydrogen (secondary N) is 1. The Labute approximate surface area is 68.9 Å². The van der Waals surface area contributed by atoms with E-state index >= 15 is 0 Å². The number of aromatic amines is 1. The van der Waals surface area contributed by atoms with Gasteiger partial charge < -0.3 is 9.55 Å². The molecule has 0 aliphatic heterocycles. The number of hydrogen-bond donors (Lipinski definition) is 1. The van der Waals surface area contributed by atoms with Crippen molar-refractivity contribution in [1.29, 1.82) is 0 Å². The molecule has 0 saturated carbocycles. The van der Waals surface area contributed by atoms with Crippen molar-refractivity contribution in [2.45, 2.75) is 6.92 Å². The summed E-state index contributed by atoms with van der Waals surface area (Å²) in [7, 11) is 1.86. The standard InChI is InChI=1S/C8H9N3O/c1-5-3-6-7(11(5)2)8(12)10-4-9-6/h3-4H,1-2H3,(H,9,10,12). The highest BCUT2D eigenvalue weighted by Gasteiger charge is 2.05. The molecule has 0 aliphatic carbocycles. The topological polar surface area (TPSA) is 50.7 Å². The van der Waals surface area contributed by atoms with Crippen LogP contribution >= 0.6 is 0 Å². The van der Waals surface area contributed by atoms with Gasteiger partial charge in [0.15, 0.2) is 0 Å². The average Bonchev–Trinajstić information content (AvgIpc) is 2.29. The Morgan fingerprint density at radius 3 is 3.00 bits per heavy atom. The summed E-state index contributed by atoms with van der Waals surface area (Å²) in [6, 6.07) is 1.89. The second-order valence-corrected chi connectivity index (χ2v) is 2.81. The summed E-state index contributed by atoms with van der Waals surface area (Å²) in [5.41, 5.74) is 2.33. The Kier molecular flexibility index (Phi) is 1.30. The number of H-pyrrole nitrogens is 1. The molecular weight excluding hydrogens is 154 g/mol. The lowest BCUT2D eigenvalue weighted by Gasteiger charge is -1.95. The minimum Gasteiger partial charge on any atom is -0.342 e. The molecule has 4 nitrogen and oxygen atoms in total. The van der Waals surface area contributed by atoms with E-state index in [9.17, 15) is 4.79 Å². The summed E-state index contributed by atoms with van der Waals surface area (Å²) < 4.78 is 1.83. The quantitative estimate of drug-likeness (QED) is 0.617. The lowest BCUT2D eigenvalue weighted by molar-refractivity contribution is 0.908. The van der Waals surface area contributed by atoms with E-state index in [1.54, 1.807) is 0 Å². The number of rotatable bonds is 0. The van der Waals surface area contributed by atoms with Gasteiger partial charge >= 0.3 is 0 Å². The number of fused-ring (bicyclic) bond motifs is 1. The van der Waals surface area contributed by atoms with Gasteiger partial charge in [0.2, 0.25) is 0 Å². The highest BCUT2D eigenvalue weighted by Crippen LogP contribution is 2.09. The molecule has 0 radical (unpaired) electrons. The van der Waals surface area contributed by atoms with E-state index in [-0.39, 0.29) is 5.56 Å². The van der Waals surface area contributed by atoms with Gasteiger partial charge in [0.1, 0.15) is 5.52 Å². The molecule has 0 fully saturated rings. The lowest BCUT2D eigenvalue weighted by atomic mass is 10.4. The van der Waals surface area contributed by atoms with Gasteiger partial charge in [0, 0.05) is 12.7 Å². The van der Waals surface area contributed by atoms with Gasteiger partial charge in [-0.05, 0) is 13.0 Å². The fourth-order valence-electron chi connectivity index (χ4n) is 1.31. The van der Waals surface area contributed by atoms with E-state index in [4.69, 9.17) is 0 Å². The number of aryl methyl sites for hydroxylation is 2. The van der Waals surface area contributed by atoms with Gasteiger partial charge in [-0.2, -0.15) is 0 Å². The number of nitrogens with zero attached hydrogens (tertiary/aromatic N) is 2. The zero-order chi connectivity index (χ0) is 8.72. The highest BCUT2D eigenvalue weighted by molar-refractivity contribution is 5.75. The van der Waals surface area contributed by atoms with Crippen molar-refractivity contribution in [1.82, 2.24) is 14.5 Å². The molecule has 12 heavy (non-hydrogen) atoms. The van der Waals surface area contributed by atoms with Crippen LogP contribution < -0.4 is 5.56 Å². The summed E-state index contributed by atoms with van der Waals surface area (Å²) in [5.74, 6) is 0. The third kappa shape index (κ3) is 0.777. The maximum atomic E-state index is 11.3. The van der Waals surface area contributed by atoms with Gasteiger partial charge in [0.05, 0.1) is 11.8 Å². The molecule has 1 N–H and O–H groups in total. The molecule has 0 aromatic carbocycles. The van der Waals surface area contributed by atoms with Crippen molar-refractivity contribution >= 4 is 11.0 Å². The Morgan fingerprint density at radius 2 is 2.33 bits per heavy atom. The highest BCUT2D eigenvalue weighted by atomic mass is 16.1. The molecule has 0 bridgehead atoms. The molecule has 62 valence electrons. The summed E-state index contributed by atoms with van der Waals surface area (Å²) in [6.07, 6.45) is 1.42. The van der Waals surface area contributed by atoms with Gasteiger partial charge in [-0.25, -0.2) is 4.98 Å². The SMILES string of the molecule is Cc1cc2nc[nH]c(=O)c2n1C. The normalized spacial score (nSPS) is 10.8. The summed E-state index contributed by atoms with van der Waals surface area (Å²) in [6.45, 7) is 1.95. The fourth-order valence-corrected chi connectivity index (χ4v) is 1.31. The Balaban J connectivity index is 3.07. The summed E-state index contributed by atoms with van der Waals surface area (Å²) in [4.78, 5) is 17.9. The van der Waals surface area contributed by atoms with Gasteiger partial charge in [-0.3, -0.25) is 4.79 Å². The first-order valence-electron chi connectivity index (χ1n) is 3.70. The maximum Gasteiger partial charge on any atom is 0.275 e. The third-order valence-electron chi connectivity index (χ3n) is 2.07. The zero-order valence-corrected chi connectivity index (χ0v) is 6.96. The van der Waals surface area contributed by atoms with Crippen LogP contribution in [0.15, 0.2) is 17.2 Å². The predicted octanol–water partition coefficient (Wildman–Crippen LogP) is 0.570. The first kappa shape index (κ1) is 7.09. The minimum atomic E-state index is -0.0874. The van der Waals surface area contributed by atoms with Crippen LogP contribution in [0.5, 0.6) is 0 Å². The smallest absolute Gasteiger partial charge is 0.275 e. The van der Waals surface area contributed by atoms with Crippen LogP contribution in [0.4, 0.5) is 0 Å². The van der Waals surface area contributed by atoms with Crippen LogP contribution in [0.2, 0.25) is 0 Å². The summed E-state index contributed by atoms with van der Waals surface area (Å²) in [5, 5.41) is 0. The fraction of sp³-hybridized carbons (Fsp3) is 0.250. The van der Waals surface area contributed by atoms with Crippen molar-refractivity contribution < 1.29 is 0 Å². The van der Waals surface area contributed by atoms with Gasteiger partial charge in [-0.15, -0.1) is 0 Å². The molecule has 0 amide bonds. The first-order valence-corrected chi connectivity index (χ1v) is 3.70. The van der Waals surface area contributed by atoms with E-state index in [0.717, 1.165) is 11.2 Å². The van der Waals surface area contributed by atoms with Crippen LogP contribution in [-0.4, -0.2) is 14.5 Å². The van der Waals surface area contributed by atoms with Crippen LogP contribution in [0.3, 0.4) is 0 Å². The molecule has 0 aliphatic rings. The molecule has 4 heteroatoms. The molecule has 2 rings (SSSR count). The molecule has 0 unspecified atom stereocenters. The molecule has 2 aromatic heterocycles. The molecule has 2 aromatic rings. The molecule has 0 spiro atoms. The van der Waals surface area contributed by atoms with E-state index in [0.29, 0.717) is 5.52 Å². The zero-order valence-electron chi connectivity index (χ0n) is 6.96. The predicted molar refractivity (Wildman–Crippen MR) is 46.1 cm³/mol. The largest absolute Gasteiger partial charge is 0.342 e. The Morgan fingerprint density at radius 1 is 1.58 bits per heavy atom. The molecule has 0 saturated heterocycles. The maximum absolute atomic E-state index is 11.3. The van der Waals surface area contributed by atoms with Crippen molar-refractivity contribution in [2.75, 3.05) is 0 Å². The van der Waals surface area contributed by atoms with Crippen LogP contribution in [0, 0.1) is 6.92 Å². The third-order valence-corrected chi connectivity index (χ3v) is 2.07. The lowest BCUT2D eigenvalue weighted by Crippen LogP contribution is -2.09. The number of aromatic nitrogens is 3. The second-order valence-electron chi connectivity index (χ2n) is 2.81. The second kappa shape index (κ2) is 2.20. The van der Waals surface area contributed by atoms with Crippen molar-refractivity contribution in [3.63, 3.8) is 0 Å². The minimum absolute atomic E-state index is 0.0874. The molecule has 0 atom stereocenters. The first-order chi connectivity index (χ1) is 5.70. The monoisotopic (exact) mass is 163 g/mol. The Bertz CT molecular complexity index is 480. The van der Waals surface area contributed by atoms with E-state index < -0.39 is 0 Å². The van der Waals surface area contributed by atoms with Gasteiger partial charge in [-0.1, -0.05) is 0 Å². The molecule has 2 heterocycles. The van der Waals surface area contributed by atoms with Crippen molar-refractivity contribution in [3.8, 4) is 0 Å². The van der Waals surface area contributed by atoms with Crippen molar-refractivity contribution in [2.24, 2.45) is 7.05 Å². The van der Waals surface area contributed by atoms with E-state index in [1.807, 2.05) is 24.6 Å². The van der Waals surface area contributed by atoms with E-state index in [2.05, 4.69) is 9.97 Å². The Hall–Kier alpha value is -1.58. The van der Waals surface area contributed by atoms with Crippen LogP contribution in [0.25, 0.3) is 11.0 Å². The van der Waals surface area contributed by atoms with Crippen molar-refractivity contribution in [3.05, 3.63) is 28.4 Å². The number of hydrogen-bond acceptors (Lipinski definition) is 2. The van der Waals surface area contributed by atoms with Crippen LogP contribution in [0.1, 0.15) is 5.69 Å².